The summed E-state index contributed by atoms with van der Waals surface area (Å²) in [6, 6.07) is 13.5. The molecular weight excluding hydrogens is 481 g/mol. The Labute approximate surface area is 206 Å². The number of carbonyl (C=O) groups excluding carboxylic acids is 1. The summed E-state index contributed by atoms with van der Waals surface area (Å²) in [5, 5.41) is 3.95. The van der Waals surface area contributed by atoms with E-state index in [9.17, 15) is 9.00 Å². The summed E-state index contributed by atoms with van der Waals surface area (Å²) < 4.78 is 14.5. The van der Waals surface area contributed by atoms with Gasteiger partial charge in [-0.05, 0) is 24.1 Å². The molecule has 1 saturated heterocycles. The van der Waals surface area contributed by atoms with Crippen LogP contribution in [0.15, 0.2) is 52.4 Å². The molecule has 4 rings (SSSR count). The van der Waals surface area contributed by atoms with Crippen LogP contribution in [0.2, 0.25) is 10.0 Å². The second-order valence-electron chi connectivity index (χ2n) is 8.01. The van der Waals surface area contributed by atoms with Crippen LogP contribution in [0, 0.1) is 0 Å². The fourth-order valence-electron chi connectivity index (χ4n) is 3.86. The summed E-state index contributed by atoms with van der Waals surface area (Å²) in [6.45, 7) is 4.73. The molecule has 7 nitrogen and oxygen atoms in total. The molecule has 2 heterocycles. The lowest BCUT2D eigenvalue weighted by Crippen LogP contribution is -2.38. The normalized spacial score (nSPS) is 17.0. The molecule has 2 aromatic rings. The Morgan fingerprint density at radius 2 is 1.82 bits per heavy atom. The fourth-order valence-corrected chi connectivity index (χ4v) is 5.46. The van der Waals surface area contributed by atoms with Gasteiger partial charge in [-0.15, -0.1) is 0 Å². The van der Waals surface area contributed by atoms with E-state index in [0.717, 1.165) is 30.9 Å². The molecule has 0 radical (unpaired) electrons. The minimum atomic E-state index is -1.45. The van der Waals surface area contributed by atoms with Gasteiger partial charge >= 0.3 is 6.03 Å². The Morgan fingerprint density at radius 3 is 2.52 bits per heavy atom. The van der Waals surface area contributed by atoms with Gasteiger partial charge in [-0.2, -0.15) is 0 Å². The summed E-state index contributed by atoms with van der Waals surface area (Å²) in [5.41, 5.74) is 2.29. The van der Waals surface area contributed by atoms with Crippen molar-refractivity contribution in [2.45, 2.75) is 11.3 Å². The van der Waals surface area contributed by atoms with Crippen LogP contribution in [0.5, 0.6) is 0 Å². The number of amidine groups is 1. The number of hydrogen-bond donors (Lipinski definition) is 1. The van der Waals surface area contributed by atoms with Crippen molar-refractivity contribution in [3.63, 3.8) is 0 Å². The molecule has 1 N–H and O–H groups in total. The first-order chi connectivity index (χ1) is 15.9. The number of likely N-dealkylation sites (N-methyl/N-ethyl adjacent to an activating group) is 1. The van der Waals surface area contributed by atoms with E-state index in [0.29, 0.717) is 47.7 Å². The van der Waals surface area contributed by atoms with Crippen LogP contribution in [0.4, 0.5) is 4.79 Å². The lowest BCUT2D eigenvalue weighted by atomic mass is 10.1. The topological polar surface area (TPSA) is 68.2 Å². The molecule has 0 aliphatic carbocycles. The quantitative estimate of drug-likeness (QED) is 0.566. The van der Waals surface area contributed by atoms with Crippen LogP contribution in [0.25, 0.3) is 0 Å². The number of hydrogen-bond acceptors (Lipinski definition) is 4. The zero-order valence-corrected chi connectivity index (χ0v) is 20.8. The number of nitrogens with one attached hydrogen (secondary N) is 1. The number of nitrogens with zero attached hydrogens (tertiary/aromatic N) is 4. The maximum absolute atomic E-state index is 12.8. The molecule has 0 spiro atoms. The van der Waals surface area contributed by atoms with Crippen molar-refractivity contribution in [1.82, 2.24) is 19.4 Å². The zero-order valence-electron chi connectivity index (χ0n) is 18.5. The molecule has 0 bridgehead atoms. The number of urea groups is 1. The maximum atomic E-state index is 12.8. The Bertz CT molecular complexity index is 1060. The summed E-state index contributed by atoms with van der Waals surface area (Å²) in [4.78, 5) is 21.4. The predicted molar refractivity (Wildman–Crippen MR) is 134 cm³/mol. The minimum Gasteiger partial charge on any atom is -0.368 e. The number of carbonyl (C=O) groups is 1. The lowest BCUT2D eigenvalue weighted by Gasteiger charge is -2.22. The van der Waals surface area contributed by atoms with Crippen molar-refractivity contribution in [3.8, 4) is 0 Å². The Morgan fingerprint density at radius 1 is 1.09 bits per heavy atom. The van der Waals surface area contributed by atoms with Crippen molar-refractivity contribution in [1.29, 1.82) is 0 Å². The first-order valence-corrected chi connectivity index (χ1v) is 12.8. The summed E-state index contributed by atoms with van der Waals surface area (Å²) in [5.74, 6) is 0.954. The molecule has 1 fully saturated rings. The van der Waals surface area contributed by atoms with Gasteiger partial charge in [0.1, 0.15) is 16.8 Å². The second-order valence-corrected chi connectivity index (χ2v) is 10.4. The van der Waals surface area contributed by atoms with E-state index in [-0.39, 0.29) is 6.03 Å². The van der Waals surface area contributed by atoms with Gasteiger partial charge in [0.05, 0.1) is 21.5 Å². The molecule has 1 atom stereocenters. The largest absolute Gasteiger partial charge is 0.368 e. The van der Waals surface area contributed by atoms with E-state index in [1.807, 2.05) is 4.90 Å². The second kappa shape index (κ2) is 10.9. The minimum absolute atomic E-state index is 0.0242. The highest BCUT2D eigenvalue weighted by Gasteiger charge is 2.28. The van der Waals surface area contributed by atoms with Crippen LogP contribution < -0.4 is 5.32 Å². The predicted octanol–water partition coefficient (Wildman–Crippen LogP) is 3.28. The van der Waals surface area contributed by atoms with Crippen molar-refractivity contribution < 1.29 is 9.00 Å². The third kappa shape index (κ3) is 5.69. The van der Waals surface area contributed by atoms with E-state index in [1.165, 1.54) is 5.56 Å². The van der Waals surface area contributed by atoms with E-state index in [4.69, 9.17) is 23.2 Å². The van der Waals surface area contributed by atoms with Gasteiger partial charge < -0.3 is 15.1 Å². The maximum Gasteiger partial charge on any atom is 0.320 e. The number of rotatable bonds is 9. The molecule has 2 aromatic carbocycles. The van der Waals surface area contributed by atoms with Gasteiger partial charge in [-0.25, -0.2) is 13.3 Å². The van der Waals surface area contributed by atoms with Gasteiger partial charge in [0, 0.05) is 51.9 Å². The highest BCUT2D eigenvalue weighted by atomic mass is 35.5. The average Bonchev–Trinajstić information content (AvgIpc) is 3.48. The molecule has 33 heavy (non-hydrogen) atoms. The number of aliphatic imine (C=N–C) groups is 1. The Kier molecular flexibility index (Phi) is 7.90. The Balaban J connectivity index is 1.25. The highest BCUT2D eigenvalue weighted by molar-refractivity contribution is 7.82. The number of amides is 2. The zero-order chi connectivity index (χ0) is 23.4. The third-order valence-corrected chi connectivity index (χ3v) is 8.22. The Hall–Kier alpha value is -2.13. The monoisotopic (exact) mass is 507 g/mol. The summed E-state index contributed by atoms with van der Waals surface area (Å²) >= 11 is 12.2. The molecule has 0 aromatic heterocycles. The molecule has 176 valence electrons. The number of halogens is 2. The smallest absolute Gasteiger partial charge is 0.320 e. The van der Waals surface area contributed by atoms with Gasteiger partial charge in [-0.3, -0.25) is 4.99 Å². The van der Waals surface area contributed by atoms with E-state index >= 15 is 0 Å². The SMILES string of the molecule is CN(CCN1CCN(CCc2ccc(C3=NCCN3)cc2)C1=O)S(=O)c1cccc(Cl)c1Cl. The summed E-state index contributed by atoms with van der Waals surface area (Å²) in [7, 11) is 0.303. The van der Waals surface area contributed by atoms with Gasteiger partial charge in [0.25, 0.3) is 0 Å². The average molecular weight is 508 g/mol. The molecule has 1 unspecified atom stereocenters. The first kappa shape index (κ1) is 24.0. The highest BCUT2D eigenvalue weighted by Crippen LogP contribution is 2.28. The molecule has 2 aliphatic heterocycles. The van der Waals surface area contributed by atoms with Crippen LogP contribution in [0.3, 0.4) is 0 Å². The molecule has 0 saturated carbocycles. The lowest BCUT2D eigenvalue weighted by molar-refractivity contribution is 0.191. The summed E-state index contributed by atoms with van der Waals surface area (Å²) in [6.07, 6.45) is 0.803. The van der Waals surface area contributed by atoms with Crippen LogP contribution in [-0.2, 0) is 17.4 Å². The number of benzene rings is 2. The van der Waals surface area contributed by atoms with Crippen molar-refractivity contribution in [2.24, 2.45) is 4.99 Å². The fraction of sp³-hybridized carbons (Fsp3) is 0.391. The molecule has 10 heteroatoms. The standard InChI is InChI=1S/C23H27Cl2N5O2S/c1-28(33(32)20-4-2-3-19(24)21(20)25)13-14-30-16-15-29(23(30)31)12-9-17-5-7-18(8-6-17)22-26-10-11-27-22/h2-8H,9-16H2,1H3,(H,26,27). The molecular formula is C23H27Cl2N5O2S. The van der Waals surface area contributed by atoms with Crippen molar-refractivity contribution >= 4 is 46.1 Å². The first-order valence-electron chi connectivity index (χ1n) is 10.9. The van der Waals surface area contributed by atoms with E-state index in [1.54, 1.807) is 34.5 Å². The molecule has 2 amide bonds. The van der Waals surface area contributed by atoms with Gasteiger partial charge in [0.15, 0.2) is 0 Å². The van der Waals surface area contributed by atoms with Crippen LogP contribution in [-0.4, -0.2) is 83.0 Å². The van der Waals surface area contributed by atoms with Crippen molar-refractivity contribution in [2.75, 3.05) is 52.9 Å². The third-order valence-electron chi connectivity index (χ3n) is 5.82. The van der Waals surface area contributed by atoms with E-state index in [2.05, 4.69) is 34.6 Å². The van der Waals surface area contributed by atoms with Gasteiger partial charge in [0.2, 0.25) is 0 Å². The van der Waals surface area contributed by atoms with Crippen LogP contribution >= 0.6 is 23.2 Å². The van der Waals surface area contributed by atoms with Crippen LogP contribution in [0.1, 0.15) is 11.1 Å². The van der Waals surface area contributed by atoms with E-state index < -0.39 is 11.0 Å². The van der Waals surface area contributed by atoms with Crippen molar-refractivity contribution in [3.05, 3.63) is 63.6 Å². The van der Waals surface area contributed by atoms with Gasteiger partial charge in [-0.1, -0.05) is 53.5 Å². The molecule has 2 aliphatic rings.